The third-order valence-corrected chi connectivity index (χ3v) is 5.07. The van der Waals surface area contributed by atoms with E-state index in [1.807, 2.05) is 4.90 Å². The molecule has 2 N–H and O–H groups in total. The van der Waals surface area contributed by atoms with E-state index in [1.165, 1.54) is 4.57 Å². The fraction of sp³-hybridized carbons (Fsp3) is 0.500. The zero-order chi connectivity index (χ0) is 19.9. The maximum Gasteiger partial charge on any atom is 0.328 e. The highest BCUT2D eigenvalue weighted by Crippen LogP contribution is 2.11. The van der Waals surface area contributed by atoms with Crippen LogP contribution < -0.4 is 16.6 Å². The molecule has 1 aliphatic rings. The summed E-state index contributed by atoms with van der Waals surface area (Å²) in [5.41, 5.74) is -0.427. The number of aromatic amines is 1. The maximum atomic E-state index is 12.1. The average Bonchev–Trinajstić information content (AvgIpc) is 2.89. The summed E-state index contributed by atoms with van der Waals surface area (Å²) in [6, 6.07) is 6.83. The predicted octanol–water partition coefficient (Wildman–Crippen LogP) is 0.989. The van der Waals surface area contributed by atoms with E-state index < -0.39 is 11.2 Å². The Balaban J connectivity index is 1.49. The van der Waals surface area contributed by atoms with Gasteiger partial charge in [-0.25, -0.2) is 4.79 Å². The van der Waals surface area contributed by atoms with Gasteiger partial charge in [-0.15, -0.1) is 0 Å². The van der Waals surface area contributed by atoms with E-state index in [2.05, 4.69) is 10.3 Å². The summed E-state index contributed by atoms with van der Waals surface area (Å²) < 4.78 is 1.41. The van der Waals surface area contributed by atoms with Crippen molar-refractivity contribution >= 4 is 22.7 Å². The lowest BCUT2D eigenvalue weighted by Gasteiger charge is -2.20. The Bertz CT molecular complexity index is 963. The number of fused-ring (bicyclic) bond motifs is 1. The summed E-state index contributed by atoms with van der Waals surface area (Å²) in [4.78, 5) is 52.2. The van der Waals surface area contributed by atoms with E-state index >= 15 is 0 Å². The lowest BCUT2D eigenvalue weighted by Crippen LogP contribution is -2.35. The molecule has 0 aliphatic carbocycles. The molecule has 1 saturated heterocycles. The molecular formula is C20H26N4O4. The topological polar surface area (TPSA) is 104 Å². The molecule has 28 heavy (non-hydrogen) atoms. The van der Waals surface area contributed by atoms with E-state index in [0.717, 1.165) is 25.8 Å². The molecule has 0 spiro atoms. The quantitative estimate of drug-likeness (QED) is 0.693. The molecule has 0 bridgehead atoms. The normalized spacial score (nSPS) is 14.9. The molecule has 8 heteroatoms. The molecule has 8 nitrogen and oxygen atoms in total. The number of amides is 2. The number of benzene rings is 1. The van der Waals surface area contributed by atoms with Gasteiger partial charge in [0.15, 0.2) is 0 Å². The van der Waals surface area contributed by atoms with Crippen LogP contribution in [0, 0.1) is 0 Å². The molecule has 2 aromatic rings. The van der Waals surface area contributed by atoms with Crippen molar-refractivity contribution in [1.29, 1.82) is 0 Å². The number of hydrogen-bond donors (Lipinski definition) is 2. The molecule has 2 amide bonds. The van der Waals surface area contributed by atoms with Crippen molar-refractivity contribution in [3.8, 4) is 0 Å². The third-order valence-electron chi connectivity index (χ3n) is 5.07. The number of aromatic nitrogens is 2. The van der Waals surface area contributed by atoms with Gasteiger partial charge in [0, 0.05) is 39.0 Å². The van der Waals surface area contributed by atoms with Crippen LogP contribution in [0.4, 0.5) is 0 Å². The Morgan fingerprint density at radius 2 is 1.89 bits per heavy atom. The fourth-order valence-electron chi connectivity index (χ4n) is 3.54. The predicted molar refractivity (Wildman–Crippen MR) is 106 cm³/mol. The van der Waals surface area contributed by atoms with Crippen molar-refractivity contribution < 1.29 is 9.59 Å². The van der Waals surface area contributed by atoms with Crippen LogP contribution in [0.25, 0.3) is 10.9 Å². The van der Waals surface area contributed by atoms with Gasteiger partial charge in [-0.1, -0.05) is 18.6 Å². The number of carbonyl (C=O) groups is 2. The highest BCUT2D eigenvalue weighted by atomic mass is 16.2. The molecule has 1 aromatic carbocycles. The summed E-state index contributed by atoms with van der Waals surface area (Å²) in [7, 11) is 0. The van der Waals surface area contributed by atoms with Crippen LogP contribution in [0.2, 0.25) is 0 Å². The Morgan fingerprint density at radius 1 is 1.07 bits per heavy atom. The molecule has 1 fully saturated rings. The number of likely N-dealkylation sites (tertiary alicyclic amines) is 1. The van der Waals surface area contributed by atoms with E-state index in [0.29, 0.717) is 36.8 Å². The SMILES string of the molecule is O=C(CCn1c(=O)[nH]c(=O)c2ccccc21)NCCCN1CCCCCC1=O. The van der Waals surface area contributed by atoms with Crippen molar-refractivity contribution in [3.63, 3.8) is 0 Å². The molecule has 1 aromatic heterocycles. The van der Waals surface area contributed by atoms with E-state index in [-0.39, 0.29) is 24.8 Å². The third kappa shape index (κ3) is 4.88. The standard InChI is InChI=1S/C20H26N4O4/c25-17(21-11-6-13-23-12-5-1-2-9-18(23)26)10-14-24-16-8-4-3-7-15(16)19(27)22-20(24)28/h3-4,7-8H,1-2,5-6,9-14H2,(H,21,25)(H,22,27,28). The van der Waals surface area contributed by atoms with Crippen molar-refractivity contribution in [2.45, 2.75) is 45.1 Å². The number of aryl methyl sites for hydroxylation is 1. The monoisotopic (exact) mass is 386 g/mol. The Hall–Kier alpha value is -2.90. The minimum absolute atomic E-state index is 0.137. The van der Waals surface area contributed by atoms with Gasteiger partial charge in [-0.3, -0.25) is 23.9 Å². The van der Waals surface area contributed by atoms with Crippen LogP contribution in [-0.2, 0) is 16.1 Å². The first-order chi connectivity index (χ1) is 13.6. The lowest BCUT2D eigenvalue weighted by molar-refractivity contribution is -0.130. The van der Waals surface area contributed by atoms with Gasteiger partial charge >= 0.3 is 5.69 Å². The minimum atomic E-state index is -0.517. The van der Waals surface area contributed by atoms with Crippen LogP contribution in [0.15, 0.2) is 33.9 Å². The first kappa shape index (κ1) is 19.9. The number of para-hydroxylation sites is 1. The van der Waals surface area contributed by atoms with Gasteiger partial charge < -0.3 is 10.2 Å². The number of nitrogens with zero attached hydrogens (tertiary/aromatic N) is 2. The van der Waals surface area contributed by atoms with E-state index in [9.17, 15) is 19.2 Å². The van der Waals surface area contributed by atoms with Crippen LogP contribution in [0.3, 0.4) is 0 Å². The average molecular weight is 386 g/mol. The fourth-order valence-corrected chi connectivity index (χ4v) is 3.54. The van der Waals surface area contributed by atoms with Crippen LogP contribution >= 0.6 is 0 Å². The molecule has 150 valence electrons. The second kappa shape index (κ2) is 9.34. The maximum absolute atomic E-state index is 12.1. The summed E-state index contributed by atoms with van der Waals surface area (Å²) in [5.74, 6) is 0.0394. The molecule has 0 radical (unpaired) electrons. The van der Waals surface area contributed by atoms with Crippen LogP contribution in [0.1, 0.15) is 38.5 Å². The van der Waals surface area contributed by atoms with E-state index in [4.69, 9.17) is 0 Å². The summed E-state index contributed by atoms with van der Waals surface area (Å²) >= 11 is 0. The summed E-state index contributed by atoms with van der Waals surface area (Å²) in [5, 5.41) is 3.26. The van der Waals surface area contributed by atoms with Crippen molar-refractivity contribution in [3.05, 3.63) is 45.1 Å². The van der Waals surface area contributed by atoms with Gasteiger partial charge in [-0.2, -0.15) is 0 Å². The minimum Gasteiger partial charge on any atom is -0.356 e. The first-order valence-electron chi connectivity index (χ1n) is 9.82. The number of H-pyrrole nitrogens is 1. The number of nitrogens with one attached hydrogen (secondary N) is 2. The van der Waals surface area contributed by atoms with Gasteiger partial charge in [0.05, 0.1) is 10.9 Å². The van der Waals surface area contributed by atoms with Gasteiger partial charge in [0.25, 0.3) is 5.56 Å². The Kier molecular flexibility index (Phi) is 6.62. The molecule has 2 heterocycles. The first-order valence-corrected chi connectivity index (χ1v) is 9.82. The zero-order valence-electron chi connectivity index (χ0n) is 15.9. The highest BCUT2D eigenvalue weighted by Gasteiger charge is 2.15. The van der Waals surface area contributed by atoms with Gasteiger partial charge in [0.2, 0.25) is 11.8 Å². The Morgan fingerprint density at radius 3 is 2.75 bits per heavy atom. The van der Waals surface area contributed by atoms with Crippen molar-refractivity contribution in [1.82, 2.24) is 19.8 Å². The number of rotatable bonds is 7. The van der Waals surface area contributed by atoms with Crippen molar-refractivity contribution in [2.24, 2.45) is 0 Å². The second-order valence-corrected chi connectivity index (χ2v) is 7.07. The number of hydrogen-bond acceptors (Lipinski definition) is 4. The second-order valence-electron chi connectivity index (χ2n) is 7.07. The van der Waals surface area contributed by atoms with Gasteiger partial charge in [0.1, 0.15) is 0 Å². The van der Waals surface area contributed by atoms with Gasteiger partial charge in [-0.05, 0) is 31.4 Å². The van der Waals surface area contributed by atoms with Crippen LogP contribution in [0.5, 0.6) is 0 Å². The van der Waals surface area contributed by atoms with Crippen LogP contribution in [-0.4, -0.2) is 45.9 Å². The summed E-state index contributed by atoms with van der Waals surface area (Å²) in [6.07, 6.45) is 4.56. The smallest absolute Gasteiger partial charge is 0.328 e. The lowest BCUT2D eigenvalue weighted by atomic mass is 10.2. The van der Waals surface area contributed by atoms with Crippen molar-refractivity contribution in [2.75, 3.05) is 19.6 Å². The largest absolute Gasteiger partial charge is 0.356 e. The molecule has 1 aliphatic heterocycles. The Labute approximate surface area is 162 Å². The van der Waals surface area contributed by atoms with E-state index in [1.54, 1.807) is 24.3 Å². The molecule has 3 rings (SSSR count). The molecule has 0 unspecified atom stereocenters. The highest BCUT2D eigenvalue weighted by molar-refractivity contribution is 5.79. The summed E-state index contributed by atoms with van der Waals surface area (Å²) in [6.45, 7) is 2.13. The molecular weight excluding hydrogens is 360 g/mol. The zero-order valence-corrected chi connectivity index (χ0v) is 15.9. The molecule has 0 saturated carbocycles. The number of carbonyl (C=O) groups excluding carboxylic acids is 2. The molecule has 0 atom stereocenters.